The van der Waals surface area contributed by atoms with Crippen LogP contribution in [0.2, 0.25) is 0 Å². The van der Waals surface area contributed by atoms with Crippen molar-refractivity contribution in [2.24, 2.45) is 5.41 Å². The van der Waals surface area contributed by atoms with E-state index in [4.69, 9.17) is 25.4 Å². The highest BCUT2D eigenvalue weighted by Crippen LogP contribution is 2.47. The maximum absolute atomic E-state index is 13.7. The Kier molecular flexibility index (Phi) is 12.2. The van der Waals surface area contributed by atoms with Crippen LogP contribution in [0.1, 0.15) is 32.6 Å². The van der Waals surface area contributed by atoms with Gasteiger partial charge >= 0.3 is 19.5 Å². The van der Waals surface area contributed by atoms with Crippen LogP contribution in [0.25, 0.3) is 0 Å². The van der Waals surface area contributed by atoms with Gasteiger partial charge in [0.05, 0.1) is 25.7 Å². The quantitative estimate of drug-likeness (QED) is 0.132. The molecule has 2 heterocycles. The minimum Gasteiger partial charge on any atom is -0.453 e. The maximum Gasteiger partial charge on any atom is 0.406 e. The molecule has 1 saturated heterocycles. The molecule has 5 atom stereocenters. The number of aromatic nitrogens is 2. The topological polar surface area (TPSA) is 187 Å². The van der Waals surface area contributed by atoms with E-state index < -0.39 is 60.4 Å². The van der Waals surface area contributed by atoms with E-state index in [-0.39, 0.29) is 30.6 Å². The molecule has 1 aromatic carbocycles. The standard InChI is InChI=1S/C26H36ClN4O10PS/c1-25(2,16-28-24(36)38-4)22(34)43-13-12-39-42(37,29-14-17-8-6-5-7-9-17)40-15-18-20(33)26(3,27)21(41-18)31-11-10-19(32)30-23(31)35/h5-11,18,20-21,33H,12-16H2,1-4H3,(H,28,36)(H,29,37)(H,30,32,35)/t18-,20-,21-,26-,42-/m1/s1. The summed E-state index contributed by atoms with van der Waals surface area (Å²) in [5, 5.41) is 15.9. The van der Waals surface area contributed by atoms with Gasteiger partial charge in [0.15, 0.2) is 11.3 Å². The lowest BCUT2D eigenvalue weighted by atomic mass is 9.96. The molecule has 1 aliphatic rings. The van der Waals surface area contributed by atoms with Crippen molar-refractivity contribution in [1.82, 2.24) is 20.0 Å². The lowest BCUT2D eigenvalue weighted by Gasteiger charge is -2.26. The fourth-order valence-electron chi connectivity index (χ4n) is 3.97. The van der Waals surface area contributed by atoms with Crippen LogP contribution in [-0.4, -0.2) is 75.6 Å². The van der Waals surface area contributed by atoms with Crippen LogP contribution in [0.4, 0.5) is 4.79 Å². The van der Waals surface area contributed by atoms with E-state index in [2.05, 4.69) is 20.1 Å². The summed E-state index contributed by atoms with van der Waals surface area (Å²) in [5.41, 5.74) is -1.51. The largest absolute Gasteiger partial charge is 0.453 e. The first-order chi connectivity index (χ1) is 20.2. The number of ether oxygens (including phenoxy) is 2. The number of alkyl carbamates (subject to hydrolysis) is 1. The third kappa shape index (κ3) is 9.50. The molecule has 0 unspecified atom stereocenters. The smallest absolute Gasteiger partial charge is 0.406 e. The first kappa shape index (κ1) is 35.0. The van der Waals surface area contributed by atoms with Gasteiger partial charge in [-0.1, -0.05) is 55.9 Å². The van der Waals surface area contributed by atoms with Crippen molar-refractivity contribution < 1.29 is 37.8 Å². The molecular weight excluding hydrogens is 627 g/mol. The molecule has 3 rings (SSSR count). The predicted molar refractivity (Wildman–Crippen MR) is 160 cm³/mol. The number of aliphatic hydroxyl groups excluding tert-OH is 1. The van der Waals surface area contributed by atoms with Gasteiger partial charge in [-0.05, 0) is 12.5 Å². The number of halogens is 1. The molecule has 1 amide bonds. The van der Waals surface area contributed by atoms with Crippen molar-refractivity contribution in [3.8, 4) is 0 Å². The van der Waals surface area contributed by atoms with Gasteiger partial charge in [0.2, 0.25) is 0 Å². The fourth-order valence-corrected chi connectivity index (χ4v) is 6.52. The van der Waals surface area contributed by atoms with Crippen LogP contribution >= 0.6 is 31.1 Å². The van der Waals surface area contributed by atoms with E-state index in [1.807, 2.05) is 30.3 Å². The zero-order chi connectivity index (χ0) is 31.8. The van der Waals surface area contributed by atoms with Gasteiger partial charge in [0.1, 0.15) is 17.1 Å². The second-order valence-electron chi connectivity index (χ2n) is 10.5. The lowest BCUT2D eigenvalue weighted by molar-refractivity contribution is -0.117. The molecule has 0 radical (unpaired) electrons. The van der Waals surface area contributed by atoms with Gasteiger partial charge < -0.3 is 19.9 Å². The number of rotatable bonds is 14. The second kappa shape index (κ2) is 15.0. The van der Waals surface area contributed by atoms with Crippen molar-refractivity contribution in [1.29, 1.82) is 0 Å². The van der Waals surface area contributed by atoms with E-state index in [1.54, 1.807) is 13.8 Å². The number of nitrogens with one attached hydrogen (secondary N) is 3. The van der Waals surface area contributed by atoms with E-state index in [1.165, 1.54) is 20.2 Å². The Hall–Kier alpha value is -2.49. The number of nitrogens with zero attached hydrogens (tertiary/aromatic N) is 1. The summed E-state index contributed by atoms with van der Waals surface area (Å²) < 4.78 is 36.4. The number of hydrogen-bond donors (Lipinski definition) is 4. The highest BCUT2D eigenvalue weighted by molar-refractivity contribution is 8.13. The van der Waals surface area contributed by atoms with Gasteiger partial charge in [-0.25, -0.2) is 19.2 Å². The molecule has 1 aliphatic heterocycles. The first-order valence-electron chi connectivity index (χ1n) is 13.2. The number of carbonyl (C=O) groups is 2. The van der Waals surface area contributed by atoms with Crippen LogP contribution in [-0.2, 0) is 34.4 Å². The summed E-state index contributed by atoms with van der Waals surface area (Å²) in [5.74, 6) is 0.125. The van der Waals surface area contributed by atoms with Gasteiger partial charge in [0.25, 0.3) is 5.56 Å². The molecule has 1 fully saturated rings. The average molecular weight is 663 g/mol. The highest BCUT2D eigenvalue weighted by Gasteiger charge is 2.54. The molecule has 0 spiro atoms. The van der Waals surface area contributed by atoms with E-state index in [0.29, 0.717) is 0 Å². The number of H-pyrrole nitrogens is 1. The summed E-state index contributed by atoms with van der Waals surface area (Å²) in [4.78, 5) is 48.5. The van der Waals surface area contributed by atoms with Crippen LogP contribution in [0.15, 0.2) is 52.2 Å². The molecule has 1 aromatic heterocycles. The molecule has 4 N–H and O–H groups in total. The van der Waals surface area contributed by atoms with Crippen LogP contribution in [0, 0.1) is 5.41 Å². The zero-order valence-corrected chi connectivity index (χ0v) is 26.6. The van der Waals surface area contributed by atoms with Gasteiger partial charge in [-0.2, -0.15) is 0 Å². The Balaban J connectivity index is 1.65. The molecule has 17 heteroatoms. The minimum absolute atomic E-state index is 0.0575. The number of alkyl halides is 1. The van der Waals surface area contributed by atoms with Crippen LogP contribution in [0.5, 0.6) is 0 Å². The number of benzene rings is 1. The zero-order valence-electron chi connectivity index (χ0n) is 24.1. The van der Waals surface area contributed by atoms with Gasteiger partial charge in [-0.15, -0.1) is 11.6 Å². The molecule has 43 heavy (non-hydrogen) atoms. The van der Waals surface area contributed by atoms with E-state index >= 15 is 0 Å². The highest BCUT2D eigenvalue weighted by atomic mass is 35.5. The summed E-state index contributed by atoms with van der Waals surface area (Å²) in [6.07, 6.45) is -3.13. The van der Waals surface area contributed by atoms with Crippen molar-refractivity contribution in [3.63, 3.8) is 0 Å². The summed E-state index contributed by atoms with van der Waals surface area (Å²) in [6.45, 7) is 4.39. The summed E-state index contributed by atoms with van der Waals surface area (Å²) >= 11 is 7.51. The Morgan fingerprint density at radius 3 is 2.58 bits per heavy atom. The third-order valence-electron chi connectivity index (χ3n) is 6.54. The van der Waals surface area contributed by atoms with Gasteiger partial charge in [0, 0.05) is 31.1 Å². The molecular formula is C26H36ClN4O10PS. The predicted octanol–water partition coefficient (Wildman–Crippen LogP) is 2.37. The molecule has 0 bridgehead atoms. The van der Waals surface area contributed by atoms with E-state index in [0.717, 1.165) is 28.0 Å². The second-order valence-corrected chi connectivity index (χ2v) is 14.2. The number of carbonyl (C=O) groups excluding carboxylic acids is 2. The molecule has 14 nitrogen and oxygen atoms in total. The Labute approximate surface area is 257 Å². The SMILES string of the molecule is COC(=O)NCC(C)(C)C(=O)SCCO[P@](=O)(NCc1ccccc1)OC[C@H]1O[C@@H](n2ccc(=O)[nH]c2=O)[C@](C)(Cl)[C@@H]1O. The normalized spacial score (nSPS) is 23.4. The van der Waals surface area contributed by atoms with Gasteiger partial charge in [-0.3, -0.25) is 28.2 Å². The number of amides is 1. The summed E-state index contributed by atoms with van der Waals surface area (Å²) in [7, 11) is -2.82. The number of methoxy groups -OCH3 is 1. The lowest BCUT2D eigenvalue weighted by Crippen LogP contribution is -2.43. The monoisotopic (exact) mass is 662 g/mol. The van der Waals surface area contributed by atoms with Crippen molar-refractivity contribution in [2.75, 3.05) is 32.6 Å². The molecule has 2 aromatic rings. The molecule has 0 aliphatic carbocycles. The Morgan fingerprint density at radius 2 is 1.93 bits per heavy atom. The van der Waals surface area contributed by atoms with Crippen molar-refractivity contribution in [3.05, 3.63) is 69.0 Å². The fraction of sp³-hybridized carbons (Fsp3) is 0.538. The van der Waals surface area contributed by atoms with Crippen molar-refractivity contribution >= 4 is 42.3 Å². The number of aliphatic hydroxyl groups is 1. The Morgan fingerprint density at radius 1 is 1.23 bits per heavy atom. The first-order valence-corrected chi connectivity index (χ1v) is 16.1. The molecule has 0 saturated carbocycles. The van der Waals surface area contributed by atoms with Crippen LogP contribution in [0.3, 0.4) is 0 Å². The van der Waals surface area contributed by atoms with E-state index in [9.17, 15) is 28.8 Å². The number of hydrogen-bond acceptors (Lipinski definition) is 11. The number of thioether (sulfide) groups is 1. The summed E-state index contributed by atoms with van der Waals surface area (Å²) in [6, 6.07) is 10.2. The third-order valence-corrected chi connectivity index (χ3v) is 9.69. The van der Waals surface area contributed by atoms with Crippen LogP contribution < -0.4 is 21.7 Å². The Bertz CT molecular complexity index is 1420. The number of aromatic amines is 1. The molecule has 238 valence electrons. The minimum atomic E-state index is -4.04. The van der Waals surface area contributed by atoms with Crippen molar-refractivity contribution in [2.45, 2.75) is 50.6 Å². The average Bonchev–Trinajstić information content (AvgIpc) is 3.20. The maximum atomic E-state index is 13.7.